The molecule has 5 nitrogen and oxygen atoms in total. The smallest absolute Gasteiger partial charge is 0.236 e. The van der Waals surface area contributed by atoms with Crippen LogP contribution in [0.4, 0.5) is 5.82 Å². The van der Waals surface area contributed by atoms with Crippen molar-refractivity contribution in [1.29, 1.82) is 0 Å². The van der Waals surface area contributed by atoms with E-state index in [0.717, 1.165) is 29.8 Å². The molecule has 0 bridgehead atoms. The van der Waals surface area contributed by atoms with E-state index in [9.17, 15) is 4.79 Å². The molecule has 1 aliphatic carbocycles. The van der Waals surface area contributed by atoms with Crippen LogP contribution in [0.15, 0.2) is 66.9 Å². The fraction of sp³-hybridized carbons (Fsp3) is 0.200. The zero-order valence-electron chi connectivity index (χ0n) is 14.0. The largest absolute Gasteiger partial charge is 0.497 e. The predicted octanol–water partition coefficient (Wildman–Crippen LogP) is 3.55. The lowest BCUT2D eigenvalue weighted by molar-refractivity contribution is -0.118. The Morgan fingerprint density at radius 3 is 2.44 bits per heavy atom. The molecule has 0 atom stereocenters. The molecule has 0 unspecified atom stereocenters. The highest BCUT2D eigenvalue weighted by atomic mass is 16.5. The molecule has 4 rings (SSSR count). The van der Waals surface area contributed by atoms with E-state index in [-0.39, 0.29) is 5.91 Å². The van der Waals surface area contributed by atoms with E-state index < -0.39 is 5.41 Å². The minimum atomic E-state index is -0.442. The van der Waals surface area contributed by atoms with Gasteiger partial charge in [0.25, 0.3) is 0 Å². The lowest BCUT2D eigenvalue weighted by Crippen LogP contribution is -2.28. The lowest BCUT2D eigenvalue weighted by Gasteiger charge is -2.15. The maximum absolute atomic E-state index is 12.8. The molecule has 0 aliphatic heterocycles. The molecule has 1 saturated carbocycles. The van der Waals surface area contributed by atoms with E-state index in [2.05, 4.69) is 10.4 Å². The van der Waals surface area contributed by atoms with Gasteiger partial charge in [0, 0.05) is 12.3 Å². The van der Waals surface area contributed by atoms with Crippen LogP contribution in [0.3, 0.4) is 0 Å². The number of carbonyl (C=O) groups is 1. The molecule has 1 N–H and O–H groups in total. The molecule has 2 aromatic carbocycles. The van der Waals surface area contributed by atoms with Crippen LogP contribution in [0.2, 0.25) is 0 Å². The standard InChI is InChI=1S/C20H19N3O2/c1-25-17-9-7-15(8-10-17)20(12-13-20)19(24)21-18-11-14-23(22-18)16-5-3-2-4-6-16/h2-11,14H,12-13H2,1H3,(H,21,22,24). The first-order valence-electron chi connectivity index (χ1n) is 8.28. The quantitative estimate of drug-likeness (QED) is 0.777. The van der Waals surface area contributed by atoms with Crippen molar-refractivity contribution in [2.45, 2.75) is 18.3 Å². The highest BCUT2D eigenvalue weighted by Crippen LogP contribution is 2.49. The summed E-state index contributed by atoms with van der Waals surface area (Å²) in [7, 11) is 1.64. The van der Waals surface area contributed by atoms with Crippen LogP contribution in [-0.4, -0.2) is 22.8 Å². The topological polar surface area (TPSA) is 56.1 Å². The van der Waals surface area contributed by atoms with E-state index in [0.29, 0.717) is 5.82 Å². The van der Waals surface area contributed by atoms with Crippen LogP contribution in [-0.2, 0) is 10.2 Å². The van der Waals surface area contributed by atoms with Gasteiger partial charge in [0.05, 0.1) is 18.2 Å². The zero-order chi connectivity index (χ0) is 17.3. The molecule has 1 amide bonds. The van der Waals surface area contributed by atoms with Crippen molar-refractivity contribution in [3.63, 3.8) is 0 Å². The summed E-state index contributed by atoms with van der Waals surface area (Å²) in [5.41, 5.74) is 1.54. The second kappa shape index (κ2) is 6.09. The van der Waals surface area contributed by atoms with Gasteiger partial charge in [0.1, 0.15) is 5.75 Å². The Bertz CT molecular complexity index is 881. The SMILES string of the molecule is COc1ccc(C2(C(=O)Nc3ccn(-c4ccccc4)n3)CC2)cc1. The average molecular weight is 333 g/mol. The molecular weight excluding hydrogens is 314 g/mol. The molecule has 3 aromatic rings. The molecule has 0 saturated heterocycles. The van der Waals surface area contributed by atoms with Crippen LogP contribution < -0.4 is 10.1 Å². The van der Waals surface area contributed by atoms with E-state index >= 15 is 0 Å². The minimum absolute atomic E-state index is 0.00372. The molecule has 1 heterocycles. The van der Waals surface area contributed by atoms with Crippen LogP contribution in [0.1, 0.15) is 18.4 Å². The Hall–Kier alpha value is -3.08. The summed E-state index contributed by atoms with van der Waals surface area (Å²) in [6.07, 6.45) is 3.55. The van der Waals surface area contributed by atoms with E-state index in [4.69, 9.17) is 4.74 Å². The minimum Gasteiger partial charge on any atom is -0.497 e. The van der Waals surface area contributed by atoms with Gasteiger partial charge in [-0.3, -0.25) is 4.79 Å². The maximum Gasteiger partial charge on any atom is 0.236 e. The second-order valence-corrected chi connectivity index (χ2v) is 6.25. The van der Waals surface area contributed by atoms with Crippen molar-refractivity contribution in [1.82, 2.24) is 9.78 Å². The molecule has 25 heavy (non-hydrogen) atoms. The number of amides is 1. The van der Waals surface area contributed by atoms with Gasteiger partial charge in [-0.25, -0.2) is 4.68 Å². The summed E-state index contributed by atoms with van der Waals surface area (Å²) in [6, 6.07) is 19.4. The Kier molecular flexibility index (Phi) is 3.76. The number of anilines is 1. The number of carbonyl (C=O) groups excluding carboxylic acids is 1. The number of benzene rings is 2. The highest BCUT2D eigenvalue weighted by Gasteiger charge is 2.51. The van der Waals surface area contributed by atoms with Crippen LogP contribution >= 0.6 is 0 Å². The zero-order valence-corrected chi connectivity index (χ0v) is 14.0. The van der Waals surface area contributed by atoms with Crippen LogP contribution in [0.5, 0.6) is 5.75 Å². The van der Waals surface area contributed by atoms with Gasteiger partial charge in [-0.15, -0.1) is 0 Å². The number of para-hydroxylation sites is 1. The van der Waals surface area contributed by atoms with Gasteiger partial charge >= 0.3 is 0 Å². The number of aromatic nitrogens is 2. The van der Waals surface area contributed by atoms with Crippen molar-refractivity contribution >= 4 is 11.7 Å². The normalized spacial score (nSPS) is 14.8. The third-order valence-electron chi connectivity index (χ3n) is 4.68. The summed E-state index contributed by atoms with van der Waals surface area (Å²) in [5, 5.41) is 7.41. The average Bonchev–Trinajstić information content (AvgIpc) is 3.36. The number of ether oxygens (including phenoxy) is 1. The second-order valence-electron chi connectivity index (χ2n) is 6.25. The molecular formula is C20H19N3O2. The van der Waals surface area contributed by atoms with Gasteiger partial charge in [-0.1, -0.05) is 30.3 Å². The Balaban J connectivity index is 1.51. The predicted molar refractivity (Wildman–Crippen MR) is 96.1 cm³/mol. The van der Waals surface area contributed by atoms with Gasteiger partial charge in [0.15, 0.2) is 5.82 Å². The van der Waals surface area contributed by atoms with Gasteiger partial charge in [-0.2, -0.15) is 5.10 Å². The molecule has 0 radical (unpaired) electrons. The first-order chi connectivity index (χ1) is 12.2. The number of hydrogen-bond acceptors (Lipinski definition) is 3. The summed E-state index contributed by atoms with van der Waals surface area (Å²) < 4.78 is 6.94. The fourth-order valence-corrected chi connectivity index (χ4v) is 3.03. The molecule has 1 fully saturated rings. The summed E-state index contributed by atoms with van der Waals surface area (Å²) in [5.74, 6) is 1.35. The fourth-order valence-electron chi connectivity index (χ4n) is 3.03. The summed E-state index contributed by atoms with van der Waals surface area (Å²) in [4.78, 5) is 12.8. The van der Waals surface area contributed by atoms with Crippen LogP contribution in [0.25, 0.3) is 5.69 Å². The van der Waals surface area contributed by atoms with Gasteiger partial charge in [0.2, 0.25) is 5.91 Å². The number of nitrogens with one attached hydrogen (secondary N) is 1. The number of rotatable bonds is 5. The Morgan fingerprint density at radius 2 is 1.80 bits per heavy atom. The Morgan fingerprint density at radius 1 is 1.08 bits per heavy atom. The highest BCUT2D eigenvalue weighted by molar-refractivity contribution is 6.00. The molecule has 0 spiro atoms. The first kappa shape index (κ1) is 15.4. The van der Waals surface area contributed by atoms with Crippen molar-refractivity contribution in [2.24, 2.45) is 0 Å². The number of nitrogens with zero attached hydrogens (tertiary/aromatic N) is 2. The molecule has 1 aliphatic rings. The summed E-state index contributed by atoms with van der Waals surface area (Å²) in [6.45, 7) is 0. The van der Waals surface area contributed by atoms with E-state index in [1.807, 2.05) is 66.9 Å². The van der Waals surface area contributed by atoms with Crippen molar-refractivity contribution in [3.8, 4) is 11.4 Å². The first-order valence-corrected chi connectivity index (χ1v) is 8.28. The van der Waals surface area contributed by atoms with E-state index in [1.165, 1.54) is 0 Å². The van der Waals surface area contributed by atoms with E-state index in [1.54, 1.807) is 11.8 Å². The third-order valence-corrected chi connectivity index (χ3v) is 4.68. The summed E-state index contributed by atoms with van der Waals surface area (Å²) >= 11 is 0. The van der Waals surface area contributed by atoms with Crippen molar-refractivity contribution in [2.75, 3.05) is 12.4 Å². The lowest BCUT2D eigenvalue weighted by atomic mass is 9.95. The maximum atomic E-state index is 12.8. The molecule has 126 valence electrons. The molecule has 1 aromatic heterocycles. The van der Waals surface area contributed by atoms with Crippen LogP contribution in [0, 0.1) is 0 Å². The van der Waals surface area contributed by atoms with Gasteiger partial charge in [-0.05, 0) is 42.7 Å². The van der Waals surface area contributed by atoms with Crippen molar-refractivity contribution < 1.29 is 9.53 Å². The van der Waals surface area contributed by atoms with Gasteiger partial charge < -0.3 is 10.1 Å². The van der Waals surface area contributed by atoms with Crippen molar-refractivity contribution in [3.05, 3.63) is 72.4 Å². The third kappa shape index (κ3) is 2.89. The monoisotopic (exact) mass is 333 g/mol. The number of hydrogen-bond donors (Lipinski definition) is 1. The Labute approximate surface area is 146 Å². The molecule has 5 heteroatoms. The number of methoxy groups -OCH3 is 1.